The van der Waals surface area contributed by atoms with Crippen LogP contribution in [0.3, 0.4) is 0 Å². The maximum absolute atomic E-state index is 12.5. The van der Waals surface area contributed by atoms with Gasteiger partial charge >= 0.3 is 6.03 Å². The van der Waals surface area contributed by atoms with E-state index in [0.717, 1.165) is 12.8 Å². The van der Waals surface area contributed by atoms with E-state index in [-0.39, 0.29) is 11.8 Å². The van der Waals surface area contributed by atoms with Crippen LogP contribution in [-0.2, 0) is 4.79 Å². The van der Waals surface area contributed by atoms with Crippen LogP contribution in [0.1, 0.15) is 19.3 Å². The monoisotopic (exact) mass is 349 g/mol. The molecule has 138 valence electrons. The number of nitrogens with zero attached hydrogens (tertiary/aromatic N) is 2. The number of hydrogen-bond acceptors (Lipinski definition) is 4. The van der Waals surface area contributed by atoms with E-state index in [9.17, 15) is 9.59 Å². The topological polar surface area (TPSA) is 85.1 Å². The second-order valence-corrected chi connectivity index (χ2v) is 6.24. The minimum atomic E-state index is -0.453. The molecule has 25 heavy (non-hydrogen) atoms. The van der Waals surface area contributed by atoms with Crippen LogP contribution in [0.25, 0.3) is 0 Å². The fourth-order valence-electron chi connectivity index (χ4n) is 3.02. The van der Waals surface area contributed by atoms with Gasteiger partial charge in [0.05, 0.1) is 19.6 Å². The van der Waals surface area contributed by atoms with Crippen LogP contribution in [0.4, 0.5) is 4.79 Å². The molecule has 0 unspecified atom stereocenters. The third-order valence-corrected chi connectivity index (χ3v) is 4.42. The molecule has 1 aliphatic rings. The summed E-state index contributed by atoms with van der Waals surface area (Å²) in [6, 6.07) is 7.02. The Kier molecular flexibility index (Phi) is 6.91. The van der Waals surface area contributed by atoms with Gasteiger partial charge in [-0.2, -0.15) is 0 Å². The predicted octanol–water partition coefficient (Wildman–Crippen LogP) is 1.71. The van der Waals surface area contributed by atoms with Crippen LogP contribution in [0.5, 0.6) is 11.5 Å². The van der Waals surface area contributed by atoms with Crippen molar-refractivity contribution in [3.05, 3.63) is 24.3 Å². The number of methoxy groups -OCH3 is 1. The molecule has 1 atom stereocenters. The maximum atomic E-state index is 12.5. The number of para-hydroxylation sites is 2. The number of nitrogens with two attached hydrogens (primary N) is 1. The molecule has 7 nitrogen and oxygen atoms in total. The summed E-state index contributed by atoms with van der Waals surface area (Å²) < 4.78 is 11.0. The van der Waals surface area contributed by atoms with Gasteiger partial charge < -0.3 is 25.0 Å². The Labute approximate surface area is 148 Å². The number of carbonyl (C=O) groups excluding carboxylic acids is 2. The van der Waals surface area contributed by atoms with E-state index in [2.05, 4.69) is 0 Å². The third kappa shape index (κ3) is 5.27. The zero-order chi connectivity index (χ0) is 18.2. The molecule has 7 heteroatoms. The second-order valence-electron chi connectivity index (χ2n) is 6.24. The van der Waals surface area contributed by atoms with E-state index < -0.39 is 6.03 Å². The standard InChI is InChI=1S/C18H27N3O4/c1-20(17(22)14-7-5-11-21(13-14)18(19)23)10-6-12-25-16-9-4-3-8-15(16)24-2/h3-4,8-9,14H,5-7,10-13H2,1-2H3,(H2,19,23)/t14-/m0/s1. The van der Waals surface area contributed by atoms with Crippen molar-refractivity contribution in [3.8, 4) is 11.5 Å². The summed E-state index contributed by atoms with van der Waals surface area (Å²) in [5, 5.41) is 0. The molecule has 0 bridgehead atoms. The fourth-order valence-corrected chi connectivity index (χ4v) is 3.02. The van der Waals surface area contributed by atoms with Gasteiger partial charge in [-0.15, -0.1) is 0 Å². The Balaban J connectivity index is 1.75. The number of benzene rings is 1. The molecule has 1 aliphatic heterocycles. The number of carbonyl (C=O) groups is 2. The Hall–Kier alpha value is -2.44. The fraction of sp³-hybridized carbons (Fsp3) is 0.556. The van der Waals surface area contributed by atoms with Crippen molar-refractivity contribution in [1.82, 2.24) is 9.80 Å². The molecule has 1 aromatic rings. The van der Waals surface area contributed by atoms with E-state index in [0.29, 0.717) is 44.2 Å². The van der Waals surface area contributed by atoms with Crippen LogP contribution >= 0.6 is 0 Å². The highest BCUT2D eigenvalue weighted by Gasteiger charge is 2.29. The normalized spacial score (nSPS) is 17.0. The van der Waals surface area contributed by atoms with Gasteiger partial charge in [0.25, 0.3) is 0 Å². The lowest BCUT2D eigenvalue weighted by molar-refractivity contribution is -0.135. The van der Waals surface area contributed by atoms with Gasteiger partial charge in [-0.1, -0.05) is 12.1 Å². The first kappa shape index (κ1) is 18.9. The van der Waals surface area contributed by atoms with Crippen molar-refractivity contribution in [3.63, 3.8) is 0 Å². The molecule has 3 amide bonds. The first-order chi connectivity index (χ1) is 12.0. The van der Waals surface area contributed by atoms with Crippen molar-refractivity contribution in [2.45, 2.75) is 19.3 Å². The number of primary amides is 1. The highest BCUT2D eigenvalue weighted by Crippen LogP contribution is 2.25. The molecule has 0 aromatic heterocycles. The highest BCUT2D eigenvalue weighted by molar-refractivity contribution is 5.80. The number of urea groups is 1. The predicted molar refractivity (Wildman–Crippen MR) is 94.6 cm³/mol. The van der Waals surface area contributed by atoms with E-state index >= 15 is 0 Å². The number of amides is 3. The van der Waals surface area contributed by atoms with Gasteiger partial charge in [0, 0.05) is 26.7 Å². The van der Waals surface area contributed by atoms with Gasteiger partial charge in [0.2, 0.25) is 5.91 Å². The molecule has 2 rings (SSSR count). The SMILES string of the molecule is COc1ccccc1OCCCN(C)C(=O)[C@H]1CCCN(C(N)=O)C1. The van der Waals surface area contributed by atoms with Gasteiger partial charge in [0.1, 0.15) is 0 Å². The van der Waals surface area contributed by atoms with Crippen LogP contribution < -0.4 is 15.2 Å². The van der Waals surface area contributed by atoms with Crippen molar-refractivity contribution in [1.29, 1.82) is 0 Å². The molecule has 1 fully saturated rings. The molecule has 0 saturated carbocycles. The number of likely N-dealkylation sites (tertiary alicyclic amines) is 1. The van der Waals surface area contributed by atoms with E-state index in [1.807, 2.05) is 24.3 Å². The molecule has 0 aliphatic carbocycles. The smallest absolute Gasteiger partial charge is 0.314 e. The van der Waals surface area contributed by atoms with Gasteiger partial charge in [-0.3, -0.25) is 4.79 Å². The lowest BCUT2D eigenvalue weighted by atomic mass is 9.97. The summed E-state index contributed by atoms with van der Waals surface area (Å²) in [6.45, 7) is 2.14. The molecule has 1 heterocycles. The van der Waals surface area contributed by atoms with Crippen molar-refractivity contribution >= 4 is 11.9 Å². The Morgan fingerprint density at radius 1 is 1.32 bits per heavy atom. The zero-order valence-electron chi connectivity index (χ0n) is 14.9. The summed E-state index contributed by atoms with van der Waals surface area (Å²) in [7, 11) is 3.39. The lowest BCUT2D eigenvalue weighted by Gasteiger charge is -2.33. The molecule has 0 radical (unpaired) electrons. The largest absolute Gasteiger partial charge is 0.493 e. The first-order valence-corrected chi connectivity index (χ1v) is 8.58. The quantitative estimate of drug-likeness (QED) is 0.760. The first-order valence-electron chi connectivity index (χ1n) is 8.58. The Morgan fingerprint density at radius 3 is 2.72 bits per heavy atom. The van der Waals surface area contributed by atoms with Gasteiger partial charge in [-0.05, 0) is 31.4 Å². The Morgan fingerprint density at radius 2 is 2.04 bits per heavy atom. The van der Waals surface area contributed by atoms with E-state index in [4.69, 9.17) is 15.2 Å². The average molecular weight is 349 g/mol. The van der Waals surface area contributed by atoms with Crippen LogP contribution in [0.15, 0.2) is 24.3 Å². The minimum Gasteiger partial charge on any atom is -0.493 e. The Bertz CT molecular complexity index is 593. The summed E-state index contributed by atoms with van der Waals surface area (Å²) in [4.78, 5) is 27.1. The van der Waals surface area contributed by atoms with Crippen LogP contribution in [0, 0.1) is 5.92 Å². The van der Waals surface area contributed by atoms with E-state index in [1.165, 1.54) is 0 Å². The molecular weight excluding hydrogens is 322 g/mol. The van der Waals surface area contributed by atoms with Crippen molar-refractivity contribution in [2.24, 2.45) is 11.7 Å². The molecule has 1 aromatic carbocycles. The molecular formula is C18H27N3O4. The lowest BCUT2D eigenvalue weighted by Crippen LogP contribution is -2.47. The number of ether oxygens (including phenoxy) is 2. The van der Waals surface area contributed by atoms with E-state index in [1.54, 1.807) is 24.0 Å². The average Bonchev–Trinajstić information content (AvgIpc) is 2.64. The zero-order valence-corrected chi connectivity index (χ0v) is 14.9. The minimum absolute atomic E-state index is 0.0586. The van der Waals surface area contributed by atoms with Crippen molar-refractivity contribution < 1.29 is 19.1 Å². The summed E-state index contributed by atoms with van der Waals surface area (Å²) in [5.41, 5.74) is 5.32. The van der Waals surface area contributed by atoms with Crippen LogP contribution in [-0.4, -0.2) is 62.1 Å². The molecule has 2 N–H and O–H groups in total. The second kappa shape index (κ2) is 9.15. The summed E-state index contributed by atoms with van der Waals surface area (Å²) in [6.07, 6.45) is 2.32. The molecule has 0 spiro atoms. The van der Waals surface area contributed by atoms with Gasteiger partial charge in [-0.25, -0.2) is 4.79 Å². The third-order valence-electron chi connectivity index (χ3n) is 4.42. The molecule has 1 saturated heterocycles. The maximum Gasteiger partial charge on any atom is 0.314 e. The number of piperidine rings is 1. The van der Waals surface area contributed by atoms with Gasteiger partial charge in [0.15, 0.2) is 11.5 Å². The number of rotatable bonds is 7. The summed E-state index contributed by atoms with van der Waals surface area (Å²) in [5.74, 6) is 1.29. The number of hydrogen-bond donors (Lipinski definition) is 1. The highest BCUT2D eigenvalue weighted by atomic mass is 16.5. The van der Waals surface area contributed by atoms with Crippen LogP contribution in [0.2, 0.25) is 0 Å². The van der Waals surface area contributed by atoms with Crippen molar-refractivity contribution in [2.75, 3.05) is 40.4 Å². The summed E-state index contributed by atoms with van der Waals surface area (Å²) >= 11 is 0.